The van der Waals surface area contributed by atoms with Crippen LogP contribution in [-0.4, -0.2) is 18.0 Å². The molecule has 1 aromatic heterocycles. The van der Waals surface area contributed by atoms with Gasteiger partial charge in [-0.1, -0.05) is 23.7 Å². The number of amides is 1. The van der Waals surface area contributed by atoms with E-state index in [1.54, 1.807) is 42.6 Å². The van der Waals surface area contributed by atoms with E-state index in [1.165, 1.54) is 25.4 Å². The fraction of sp³-hybridized carbons (Fsp3) is 0.100. The van der Waals surface area contributed by atoms with Crippen molar-refractivity contribution in [1.29, 1.82) is 0 Å². The Balaban J connectivity index is 1.70. The summed E-state index contributed by atoms with van der Waals surface area (Å²) < 4.78 is 18.2. The highest BCUT2D eigenvalue weighted by Crippen LogP contribution is 2.28. The van der Waals surface area contributed by atoms with Gasteiger partial charge in [0.05, 0.1) is 24.0 Å². The van der Waals surface area contributed by atoms with Crippen molar-refractivity contribution < 1.29 is 13.9 Å². The zero-order valence-electron chi connectivity index (χ0n) is 14.5. The van der Waals surface area contributed by atoms with Crippen molar-refractivity contribution in [2.24, 2.45) is 0 Å². The Morgan fingerprint density at radius 2 is 1.93 bits per heavy atom. The Morgan fingerprint density at radius 3 is 2.67 bits per heavy atom. The van der Waals surface area contributed by atoms with E-state index >= 15 is 0 Å². The van der Waals surface area contributed by atoms with Crippen LogP contribution < -0.4 is 15.4 Å². The number of benzene rings is 2. The van der Waals surface area contributed by atoms with Gasteiger partial charge in [0.2, 0.25) is 0 Å². The van der Waals surface area contributed by atoms with Gasteiger partial charge in [-0.05, 0) is 42.0 Å². The largest absolute Gasteiger partial charge is 0.495 e. The van der Waals surface area contributed by atoms with Gasteiger partial charge in [-0.25, -0.2) is 4.39 Å². The number of rotatable bonds is 6. The first-order valence-electron chi connectivity index (χ1n) is 8.13. The molecular formula is C20H17ClFN3O2. The molecule has 0 aliphatic rings. The third kappa shape index (κ3) is 4.95. The molecule has 2 N–H and O–H groups in total. The lowest BCUT2D eigenvalue weighted by molar-refractivity contribution is 0.102. The topological polar surface area (TPSA) is 63.2 Å². The zero-order chi connectivity index (χ0) is 19.2. The van der Waals surface area contributed by atoms with Gasteiger partial charge in [-0.3, -0.25) is 9.78 Å². The predicted molar refractivity (Wildman–Crippen MR) is 104 cm³/mol. The van der Waals surface area contributed by atoms with Gasteiger partial charge in [-0.15, -0.1) is 0 Å². The fourth-order valence-electron chi connectivity index (χ4n) is 2.44. The number of aromatic nitrogens is 1. The third-order valence-electron chi connectivity index (χ3n) is 3.82. The van der Waals surface area contributed by atoms with Crippen LogP contribution in [0.5, 0.6) is 5.75 Å². The lowest BCUT2D eigenvalue weighted by Crippen LogP contribution is -2.13. The summed E-state index contributed by atoms with van der Waals surface area (Å²) in [7, 11) is 1.51. The second kappa shape index (κ2) is 8.51. The summed E-state index contributed by atoms with van der Waals surface area (Å²) in [5.41, 5.74) is 2.43. The molecule has 7 heteroatoms. The van der Waals surface area contributed by atoms with Crippen LogP contribution in [0.15, 0.2) is 60.9 Å². The minimum absolute atomic E-state index is 0.282. The van der Waals surface area contributed by atoms with Crippen LogP contribution in [0.4, 0.5) is 15.8 Å². The van der Waals surface area contributed by atoms with E-state index in [4.69, 9.17) is 16.3 Å². The molecule has 0 fully saturated rings. The van der Waals surface area contributed by atoms with Crippen molar-refractivity contribution in [1.82, 2.24) is 4.98 Å². The molecule has 0 unspecified atom stereocenters. The summed E-state index contributed by atoms with van der Waals surface area (Å²) in [6, 6.07) is 12.8. The molecule has 0 bridgehead atoms. The fourth-order valence-corrected chi connectivity index (χ4v) is 2.61. The SMILES string of the molecule is COc1ccc(Cl)cc1NC(=O)c1cncc(NCc2ccc(F)cc2)c1. The lowest BCUT2D eigenvalue weighted by atomic mass is 10.2. The molecule has 0 saturated carbocycles. The highest BCUT2D eigenvalue weighted by atomic mass is 35.5. The molecule has 27 heavy (non-hydrogen) atoms. The molecule has 1 amide bonds. The summed E-state index contributed by atoms with van der Waals surface area (Å²) in [5.74, 6) is -0.115. The van der Waals surface area contributed by atoms with Gasteiger partial charge in [-0.2, -0.15) is 0 Å². The molecule has 0 spiro atoms. The van der Waals surface area contributed by atoms with Gasteiger partial charge < -0.3 is 15.4 Å². The summed E-state index contributed by atoms with van der Waals surface area (Å²) in [4.78, 5) is 16.6. The average Bonchev–Trinajstić information content (AvgIpc) is 2.68. The molecule has 0 radical (unpaired) electrons. The number of nitrogens with one attached hydrogen (secondary N) is 2. The second-order valence-corrected chi connectivity index (χ2v) is 6.18. The van der Waals surface area contributed by atoms with Gasteiger partial charge >= 0.3 is 0 Å². The number of hydrogen-bond donors (Lipinski definition) is 2. The van der Waals surface area contributed by atoms with Crippen LogP contribution in [0.2, 0.25) is 5.02 Å². The third-order valence-corrected chi connectivity index (χ3v) is 4.06. The van der Waals surface area contributed by atoms with Crippen molar-refractivity contribution in [2.45, 2.75) is 6.54 Å². The molecule has 0 saturated heterocycles. The van der Waals surface area contributed by atoms with Crippen molar-refractivity contribution in [2.75, 3.05) is 17.7 Å². The molecule has 5 nitrogen and oxygen atoms in total. The number of carbonyl (C=O) groups excluding carboxylic acids is 1. The van der Waals surface area contributed by atoms with E-state index < -0.39 is 0 Å². The monoisotopic (exact) mass is 385 g/mol. The van der Waals surface area contributed by atoms with Crippen molar-refractivity contribution in [3.8, 4) is 5.75 Å². The number of pyridine rings is 1. The van der Waals surface area contributed by atoms with Crippen LogP contribution in [0.1, 0.15) is 15.9 Å². The summed E-state index contributed by atoms with van der Waals surface area (Å²) >= 11 is 5.99. The number of ether oxygens (including phenoxy) is 1. The van der Waals surface area contributed by atoms with E-state index in [1.807, 2.05) is 0 Å². The Hall–Kier alpha value is -3.12. The quantitative estimate of drug-likeness (QED) is 0.643. The van der Waals surface area contributed by atoms with Gasteiger partial charge in [0.1, 0.15) is 11.6 Å². The van der Waals surface area contributed by atoms with E-state index in [9.17, 15) is 9.18 Å². The number of nitrogens with zero attached hydrogens (tertiary/aromatic N) is 1. The summed E-state index contributed by atoms with van der Waals surface area (Å²) in [6.07, 6.45) is 3.08. The Morgan fingerprint density at radius 1 is 1.15 bits per heavy atom. The second-order valence-electron chi connectivity index (χ2n) is 5.74. The molecule has 0 aliphatic carbocycles. The molecule has 2 aromatic carbocycles. The molecule has 3 aromatic rings. The predicted octanol–water partition coefficient (Wildman–Crippen LogP) is 4.75. The van der Waals surface area contributed by atoms with Gasteiger partial charge in [0, 0.05) is 24.0 Å². The molecule has 138 valence electrons. The average molecular weight is 386 g/mol. The number of carbonyl (C=O) groups is 1. The minimum atomic E-state index is -0.339. The molecular weight excluding hydrogens is 369 g/mol. The molecule has 3 rings (SSSR count). The first-order valence-corrected chi connectivity index (χ1v) is 8.51. The van der Waals surface area contributed by atoms with Crippen LogP contribution >= 0.6 is 11.6 Å². The van der Waals surface area contributed by atoms with E-state index in [-0.39, 0.29) is 11.7 Å². The van der Waals surface area contributed by atoms with Crippen LogP contribution in [0.25, 0.3) is 0 Å². The number of hydrogen-bond acceptors (Lipinski definition) is 4. The lowest BCUT2D eigenvalue weighted by Gasteiger charge is -2.11. The number of anilines is 2. The van der Waals surface area contributed by atoms with E-state index in [0.29, 0.717) is 34.3 Å². The Labute approximate surface area is 161 Å². The smallest absolute Gasteiger partial charge is 0.257 e. The van der Waals surface area contributed by atoms with Crippen LogP contribution in [0.3, 0.4) is 0 Å². The van der Waals surface area contributed by atoms with Crippen molar-refractivity contribution in [3.05, 3.63) is 82.9 Å². The Bertz CT molecular complexity index is 948. The van der Waals surface area contributed by atoms with Crippen LogP contribution in [0, 0.1) is 5.82 Å². The van der Waals surface area contributed by atoms with Crippen LogP contribution in [-0.2, 0) is 6.54 Å². The summed E-state index contributed by atoms with van der Waals surface area (Å²) in [5, 5.41) is 6.41. The van der Waals surface area contributed by atoms with E-state index in [2.05, 4.69) is 15.6 Å². The maximum absolute atomic E-state index is 13.0. The summed E-state index contributed by atoms with van der Waals surface area (Å²) in [6.45, 7) is 0.481. The van der Waals surface area contributed by atoms with Gasteiger partial charge in [0.15, 0.2) is 0 Å². The molecule has 1 heterocycles. The van der Waals surface area contributed by atoms with Crippen molar-refractivity contribution >= 4 is 28.9 Å². The number of methoxy groups -OCH3 is 1. The Kier molecular flexibility index (Phi) is 5.88. The highest BCUT2D eigenvalue weighted by Gasteiger charge is 2.11. The number of halogens is 2. The molecule has 0 aliphatic heterocycles. The van der Waals surface area contributed by atoms with E-state index in [0.717, 1.165) is 5.56 Å². The zero-order valence-corrected chi connectivity index (χ0v) is 15.3. The highest BCUT2D eigenvalue weighted by molar-refractivity contribution is 6.31. The normalized spacial score (nSPS) is 10.3. The maximum Gasteiger partial charge on any atom is 0.257 e. The molecule has 0 atom stereocenters. The maximum atomic E-state index is 13.0. The van der Waals surface area contributed by atoms with Gasteiger partial charge in [0.25, 0.3) is 5.91 Å². The first-order chi connectivity index (χ1) is 13.0. The first kappa shape index (κ1) is 18.7. The standard InChI is InChI=1S/C20H17ClFN3O2/c1-27-19-7-4-15(21)9-18(19)25-20(26)14-8-17(12-23-11-14)24-10-13-2-5-16(22)6-3-13/h2-9,11-12,24H,10H2,1H3,(H,25,26). The van der Waals surface area contributed by atoms with Crippen molar-refractivity contribution in [3.63, 3.8) is 0 Å². The minimum Gasteiger partial charge on any atom is -0.495 e.